The van der Waals surface area contributed by atoms with Gasteiger partial charge in [0.05, 0.1) is 6.10 Å². The number of hydrogen-bond donors (Lipinski definition) is 3. The third-order valence-corrected chi connectivity index (χ3v) is 6.12. The summed E-state index contributed by atoms with van der Waals surface area (Å²) >= 11 is 6.54. The molecule has 0 heterocycles. The highest BCUT2D eigenvalue weighted by Crippen LogP contribution is 2.44. The fourth-order valence-electron chi connectivity index (χ4n) is 4.03. The van der Waals surface area contributed by atoms with Gasteiger partial charge in [-0.1, -0.05) is 50.3 Å². The number of hydrogen-bond acceptors (Lipinski definition) is 3. The van der Waals surface area contributed by atoms with E-state index in [1.54, 1.807) is 0 Å². The Balaban J connectivity index is 2.01. The maximum absolute atomic E-state index is 10.6. The number of carboxylic acids is 1. The quantitative estimate of drug-likeness (QED) is 0.302. The fraction of sp³-hybridized carbons (Fsp3) is 0.609. The summed E-state index contributed by atoms with van der Waals surface area (Å²) in [6, 6.07) is 8.32. The SMILES string of the molecule is CC(C)(CO)Cc1ccc([C@@H]2[C@@H](C/C=C\CCCC(=O)O)[C@@H](Cl)C[C@H]2O)cc1. The molecule has 0 radical (unpaired) electrons. The molecule has 1 aromatic rings. The van der Waals surface area contributed by atoms with Crippen LogP contribution in [0.1, 0.15) is 63.0 Å². The smallest absolute Gasteiger partial charge is 0.303 e. The molecule has 0 amide bonds. The van der Waals surface area contributed by atoms with Crippen LogP contribution >= 0.6 is 11.6 Å². The number of alkyl halides is 1. The van der Waals surface area contributed by atoms with E-state index in [1.807, 2.05) is 19.9 Å². The number of aliphatic hydroxyl groups is 2. The van der Waals surface area contributed by atoms with Crippen LogP contribution < -0.4 is 0 Å². The zero-order chi connectivity index (χ0) is 20.7. The van der Waals surface area contributed by atoms with E-state index in [4.69, 9.17) is 16.7 Å². The van der Waals surface area contributed by atoms with Crippen molar-refractivity contribution in [1.29, 1.82) is 0 Å². The number of carbonyl (C=O) groups is 1. The van der Waals surface area contributed by atoms with Crippen LogP contribution in [0.25, 0.3) is 0 Å². The molecule has 2 rings (SSSR count). The van der Waals surface area contributed by atoms with Crippen molar-refractivity contribution in [3.8, 4) is 0 Å². The first-order valence-corrected chi connectivity index (χ1v) is 10.6. The number of benzene rings is 1. The van der Waals surface area contributed by atoms with Gasteiger partial charge in [-0.2, -0.15) is 0 Å². The summed E-state index contributed by atoms with van der Waals surface area (Å²) in [5.74, 6) is -0.600. The number of halogens is 1. The highest BCUT2D eigenvalue weighted by atomic mass is 35.5. The van der Waals surface area contributed by atoms with E-state index in [0.717, 1.165) is 24.8 Å². The van der Waals surface area contributed by atoms with E-state index in [2.05, 4.69) is 30.3 Å². The molecule has 0 spiro atoms. The lowest BCUT2D eigenvalue weighted by Gasteiger charge is -2.24. The Kier molecular flexibility index (Phi) is 8.54. The van der Waals surface area contributed by atoms with Crippen molar-refractivity contribution in [2.75, 3.05) is 6.61 Å². The molecule has 0 unspecified atom stereocenters. The van der Waals surface area contributed by atoms with E-state index < -0.39 is 12.1 Å². The van der Waals surface area contributed by atoms with E-state index in [9.17, 15) is 15.0 Å². The van der Waals surface area contributed by atoms with Crippen molar-refractivity contribution in [3.63, 3.8) is 0 Å². The van der Waals surface area contributed by atoms with Crippen LogP contribution in [0.5, 0.6) is 0 Å². The van der Waals surface area contributed by atoms with Crippen LogP contribution in [0, 0.1) is 11.3 Å². The fourth-order valence-corrected chi connectivity index (χ4v) is 4.48. The Morgan fingerprint density at radius 1 is 1.25 bits per heavy atom. The molecule has 0 saturated heterocycles. The molecule has 5 heteroatoms. The Labute approximate surface area is 173 Å². The van der Waals surface area contributed by atoms with Gasteiger partial charge in [0.25, 0.3) is 0 Å². The van der Waals surface area contributed by atoms with Crippen LogP contribution in [0.4, 0.5) is 0 Å². The summed E-state index contributed by atoms with van der Waals surface area (Å²) < 4.78 is 0. The van der Waals surface area contributed by atoms with Crippen molar-refractivity contribution in [3.05, 3.63) is 47.5 Å². The van der Waals surface area contributed by atoms with Gasteiger partial charge in [0.2, 0.25) is 0 Å². The second-order valence-corrected chi connectivity index (χ2v) is 9.30. The number of carboxylic acid groups (broad SMARTS) is 1. The van der Waals surface area contributed by atoms with Crippen LogP contribution in [0.2, 0.25) is 0 Å². The summed E-state index contributed by atoms with van der Waals surface area (Å²) in [5.41, 5.74) is 2.13. The van der Waals surface area contributed by atoms with Crippen LogP contribution in [-0.2, 0) is 11.2 Å². The lowest BCUT2D eigenvalue weighted by atomic mass is 9.83. The number of aliphatic carboxylic acids is 1. The van der Waals surface area contributed by atoms with Crippen molar-refractivity contribution in [2.45, 2.75) is 69.8 Å². The predicted molar refractivity (Wildman–Crippen MR) is 113 cm³/mol. The van der Waals surface area contributed by atoms with E-state index >= 15 is 0 Å². The molecule has 1 aliphatic rings. The van der Waals surface area contributed by atoms with E-state index in [1.165, 1.54) is 5.56 Å². The van der Waals surface area contributed by atoms with Gasteiger partial charge in [-0.05, 0) is 54.6 Å². The Bertz CT molecular complexity index is 653. The third-order valence-electron chi connectivity index (χ3n) is 5.62. The first-order valence-electron chi connectivity index (χ1n) is 10.1. The molecule has 3 N–H and O–H groups in total. The molecule has 1 saturated carbocycles. The number of unbranched alkanes of at least 4 members (excludes halogenated alkanes) is 1. The van der Waals surface area contributed by atoms with Gasteiger partial charge in [-0.3, -0.25) is 4.79 Å². The molecule has 1 aromatic carbocycles. The summed E-state index contributed by atoms with van der Waals surface area (Å²) in [6.45, 7) is 4.22. The molecule has 4 nitrogen and oxygen atoms in total. The van der Waals surface area contributed by atoms with E-state index in [0.29, 0.717) is 12.8 Å². The maximum Gasteiger partial charge on any atom is 0.303 e. The second kappa shape index (κ2) is 10.4. The van der Waals surface area contributed by atoms with Gasteiger partial charge in [0, 0.05) is 24.3 Å². The standard InChI is InChI=1S/C23H33ClO4/c1-23(2,15-25)14-16-9-11-17(12-10-16)22-18(19(24)13-20(22)26)7-5-3-4-6-8-21(27)28/h3,5,9-12,18-20,22,25-26H,4,6-8,13-15H2,1-2H3,(H,27,28)/b5-3-/t18-,19-,20+,22+/m0/s1. The van der Waals surface area contributed by atoms with Gasteiger partial charge >= 0.3 is 5.97 Å². The summed E-state index contributed by atoms with van der Waals surface area (Å²) in [7, 11) is 0. The number of rotatable bonds is 10. The highest BCUT2D eigenvalue weighted by Gasteiger charge is 2.41. The van der Waals surface area contributed by atoms with Gasteiger partial charge in [0.15, 0.2) is 0 Å². The van der Waals surface area contributed by atoms with Crippen molar-refractivity contribution in [2.24, 2.45) is 11.3 Å². The first-order chi connectivity index (χ1) is 13.2. The van der Waals surface area contributed by atoms with E-state index in [-0.39, 0.29) is 35.7 Å². The number of aliphatic hydroxyl groups excluding tert-OH is 2. The maximum atomic E-state index is 10.6. The number of allylic oxidation sites excluding steroid dienone is 2. The first kappa shape index (κ1) is 22.9. The molecule has 0 aliphatic heterocycles. The Morgan fingerprint density at radius 3 is 2.54 bits per heavy atom. The molecule has 28 heavy (non-hydrogen) atoms. The minimum Gasteiger partial charge on any atom is -0.481 e. The minimum absolute atomic E-state index is 0.00562. The van der Waals surface area contributed by atoms with Crippen molar-refractivity contribution >= 4 is 17.6 Å². The second-order valence-electron chi connectivity index (χ2n) is 8.74. The average molecular weight is 409 g/mol. The molecular formula is C23H33ClO4. The minimum atomic E-state index is -0.765. The van der Waals surface area contributed by atoms with Crippen LogP contribution in [-0.4, -0.2) is 39.4 Å². The van der Waals surface area contributed by atoms with Crippen LogP contribution in [0.3, 0.4) is 0 Å². The predicted octanol–water partition coefficient (Wildman–Crippen LogP) is 4.52. The zero-order valence-electron chi connectivity index (χ0n) is 16.9. The van der Waals surface area contributed by atoms with Crippen LogP contribution in [0.15, 0.2) is 36.4 Å². The normalized spacial score (nSPS) is 25.5. The Morgan fingerprint density at radius 2 is 1.93 bits per heavy atom. The Hall–Kier alpha value is -1.36. The molecule has 4 atom stereocenters. The lowest BCUT2D eigenvalue weighted by molar-refractivity contribution is -0.137. The van der Waals surface area contributed by atoms with Gasteiger partial charge < -0.3 is 15.3 Å². The molecule has 1 aliphatic carbocycles. The molecule has 0 aromatic heterocycles. The largest absolute Gasteiger partial charge is 0.481 e. The average Bonchev–Trinajstić information content (AvgIpc) is 2.91. The topological polar surface area (TPSA) is 77.8 Å². The third kappa shape index (κ3) is 6.61. The molecule has 156 valence electrons. The van der Waals surface area contributed by atoms with Crippen molar-refractivity contribution in [1.82, 2.24) is 0 Å². The van der Waals surface area contributed by atoms with Gasteiger partial charge in [-0.25, -0.2) is 0 Å². The van der Waals surface area contributed by atoms with Crippen molar-refractivity contribution < 1.29 is 20.1 Å². The summed E-state index contributed by atoms with van der Waals surface area (Å²) in [6.07, 6.45) is 7.38. The summed E-state index contributed by atoms with van der Waals surface area (Å²) in [4.78, 5) is 10.6. The van der Waals surface area contributed by atoms with Gasteiger partial charge in [-0.15, -0.1) is 11.6 Å². The zero-order valence-corrected chi connectivity index (χ0v) is 17.6. The molecule has 0 bridgehead atoms. The van der Waals surface area contributed by atoms with Gasteiger partial charge in [0.1, 0.15) is 0 Å². The summed E-state index contributed by atoms with van der Waals surface area (Å²) in [5, 5.41) is 28.6. The molecular weight excluding hydrogens is 376 g/mol. The monoisotopic (exact) mass is 408 g/mol. The highest BCUT2D eigenvalue weighted by molar-refractivity contribution is 6.21. The molecule has 1 fully saturated rings. The lowest BCUT2D eigenvalue weighted by Crippen LogP contribution is -2.20.